The molecule has 0 saturated carbocycles. The third-order valence-corrected chi connectivity index (χ3v) is 3.80. The van der Waals surface area contributed by atoms with Crippen LogP contribution in [-0.4, -0.2) is 0 Å². The van der Waals surface area contributed by atoms with Crippen molar-refractivity contribution in [3.8, 4) is 0 Å². The van der Waals surface area contributed by atoms with E-state index >= 15 is 0 Å². The van der Waals surface area contributed by atoms with Gasteiger partial charge in [0.2, 0.25) is 0 Å². The van der Waals surface area contributed by atoms with Crippen LogP contribution in [0.15, 0.2) is 67.0 Å². The first-order valence-electron chi connectivity index (χ1n) is 7.61. The third kappa shape index (κ3) is 4.46. The Morgan fingerprint density at radius 2 is 1.65 bits per heavy atom. The number of nitrogens with one attached hydrogen (secondary N) is 2. The lowest BCUT2D eigenvalue weighted by Crippen LogP contribution is -2.20. The largest absolute Gasteiger partial charge is 0.377 e. The molecular weight excluding hydrogens is 287 g/mol. The molecule has 2 nitrogen and oxygen atoms in total. The van der Waals surface area contributed by atoms with Gasteiger partial charge in [-0.05, 0) is 44.0 Å². The summed E-state index contributed by atoms with van der Waals surface area (Å²) in [6, 6.07) is 13.5. The highest BCUT2D eigenvalue weighted by atomic mass is 19.1. The maximum absolute atomic E-state index is 13.6. The molecule has 2 N–H and O–H groups in total. The van der Waals surface area contributed by atoms with Crippen LogP contribution in [0.4, 0.5) is 10.1 Å². The number of anilines is 1. The first-order chi connectivity index (χ1) is 10.9. The molecule has 0 aliphatic rings. The summed E-state index contributed by atoms with van der Waals surface area (Å²) in [5, 5.41) is 6.39. The number of rotatable bonds is 6. The molecule has 0 aliphatic carbocycles. The summed E-state index contributed by atoms with van der Waals surface area (Å²) in [6.45, 7) is 13.8. The van der Waals surface area contributed by atoms with Gasteiger partial charge in [-0.3, -0.25) is 0 Å². The third-order valence-electron chi connectivity index (χ3n) is 3.80. The highest BCUT2D eigenvalue weighted by Crippen LogP contribution is 2.19. The van der Waals surface area contributed by atoms with Gasteiger partial charge in [0, 0.05) is 11.7 Å². The lowest BCUT2D eigenvalue weighted by molar-refractivity contribution is 0.619. The molecule has 120 valence electrons. The topological polar surface area (TPSA) is 24.1 Å². The van der Waals surface area contributed by atoms with Crippen molar-refractivity contribution in [3.63, 3.8) is 0 Å². The average molecular weight is 310 g/mol. The van der Waals surface area contributed by atoms with E-state index in [1.165, 1.54) is 17.2 Å². The molecule has 0 bridgehead atoms. The molecule has 23 heavy (non-hydrogen) atoms. The summed E-state index contributed by atoms with van der Waals surface area (Å²) in [7, 11) is 0. The SMILES string of the molecule is C=C(Nc1ccc(C)c(F)c1)C(=C)NC(C)c1ccc(C)cc1. The Labute approximate surface area is 137 Å². The molecule has 3 heteroatoms. The molecule has 2 aromatic carbocycles. The molecule has 0 heterocycles. The Balaban J connectivity index is 1.98. The minimum Gasteiger partial charge on any atom is -0.377 e. The lowest BCUT2D eigenvalue weighted by Gasteiger charge is -2.20. The van der Waals surface area contributed by atoms with Gasteiger partial charge in [-0.1, -0.05) is 49.1 Å². The summed E-state index contributed by atoms with van der Waals surface area (Å²) in [5.74, 6) is -0.241. The second-order valence-corrected chi connectivity index (χ2v) is 5.82. The van der Waals surface area contributed by atoms with E-state index in [1.54, 1.807) is 13.0 Å². The number of hydrogen-bond acceptors (Lipinski definition) is 2. The minimum absolute atomic E-state index is 0.108. The molecule has 0 amide bonds. The van der Waals surface area contributed by atoms with Crippen molar-refractivity contribution in [1.82, 2.24) is 5.32 Å². The zero-order valence-corrected chi connectivity index (χ0v) is 13.9. The van der Waals surface area contributed by atoms with Crippen LogP contribution < -0.4 is 10.6 Å². The number of benzene rings is 2. The molecule has 2 rings (SSSR count). The van der Waals surface area contributed by atoms with Crippen molar-refractivity contribution in [1.29, 1.82) is 0 Å². The Morgan fingerprint density at radius 1 is 1.00 bits per heavy atom. The van der Waals surface area contributed by atoms with Gasteiger partial charge >= 0.3 is 0 Å². The first kappa shape index (κ1) is 16.8. The molecule has 1 atom stereocenters. The van der Waals surface area contributed by atoms with Gasteiger partial charge in [-0.2, -0.15) is 0 Å². The number of aryl methyl sites for hydroxylation is 2. The van der Waals surface area contributed by atoms with Gasteiger partial charge in [-0.15, -0.1) is 0 Å². The van der Waals surface area contributed by atoms with Crippen LogP contribution >= 0.6 is 0 Å². The Hall–Kier alpha value is -2.55. The molecule has 0 saturated heterocycles. The van der Waals surface area contributed by atoms with E-state index < -0.39 is 0 Å². The summed E-state index contributed by atoms with van der Waals surface area (Å²) in [5.41, 5.74) is 4.97. The van der Waals surface area contributed by atoms with Gasteiger partial charge in [0.25, 0.3) is 0 Å². The van der Waals surface area contributed by atoms with Crippen molar-refractivity contribution in [2.75, 3.05) is 5.32 Å². The van der Waals surface area contributed by atoms with Crippen LogP contribution in [0.25, 0.3) is 0 Å². The predicted octanol–water partition coefficient (Wildman–Crippen LogP) is 5.23. The molecule has 0 spiro atoms. The normalized spacial score (nSPS) is 11.7. The van der Waals surface area contributed by atoms with Gasteiger partial charge in [0.15, 0.2) is 0 Å². The Morgan fingerprint density at radius 3 is 2.26 bits per heavy atom. The summed E-state index contributed by atoms with van der Waals surface area (Å²) < 4.78 is 13.6. The second-order valence-electron chi connectivity index (χ2n) is 5.82. The Bertz CT molecular complexity index is 717. The van der Waals surface area contributed by atoms with Gasteiger partial charge < -0.3 is 10.6 Å². The van der Waals surface area contributed by atoms with E-state index in [-0.39, 0.29) is 11.9 Å². The molecule has 0 radical (unpaired) electrons. The number of hydrogen-bond donors (Lipinski definition) is 2. The van der Waals surface area contributed by atoms with Gasteiger partial charge in [0.05, 0.1) is 11.4 Å². The minimum atomic E-state index is -0.241. The molecular formula is C20H23FN2. The van der Waals surface area contributed by atoms with E-state index in [0.29, 0.717) is 22.6 Å². The first-order valence-corrected chi connectivity index (χ1v) is 7.61. The summed E-state index contributed by atoms with van der Waals surface area (Å²) >= 11 is 0. The van der Waals surface area contributed by atoms with Crippen molar-refractivity contribution < 1.29 is 4.39 Å². The van der Waals surface area contributed by atoms with E-state index in [0.717, 1.165) is 0 Å². The van der Waals surface area contributed by atoms with Gasteiger partial charge in [-0.25, -0.2) is 4.39 Å². The van der Waals surface area contributed by atoms with E-state index in [4.69, 9.17) is 0 Å². The highest BCUT2D eigenvalue weighted by molar-refractivity contribution is 5.52. The maximum Gasteiger partial charge on any atom is 0.128 e. The van der Waals surface area contributed by atoms with Crippen LogP contribution in [0.1, 0.15) is 29.7 Å². The smallest absolute Gasteiger partial charge is 0.128 e. The van der Waals surface area contributed by atoms with Crippen LogP contribution in [0.3, 0.4) is 0 Å². The maximum atomic E-state index is 13.6. The summed E-state index contributed by atoms with van der Waals surface area (Å²) in [6.07, 6.45) is 0. The Kier molecular flexibility index (Phi) is 5.22. The van der Waals surface area contributed by atoms with Crippen molar-refractivity contribution in [2.45, 2.75) is 26.8 Å². The van der Waals surface area contributed by atoms with Crippen LogP contribution in [0, 0.1) is 19.7 Å². The van der Waals surface area contributed by atoms with Crippen LogP contribution in [0.2, 0.25) is 0 Å². The molecule has 0 aromatic heterocycles. The van der Waals surface area contributed by atoms with E-state index in [1.807, 2.05) is 6.07 Å². The van der Waals surface area contributed by atoms with Gasteiger partial charge in [0.1, 0.15) is 5.82 Å². The van der Waals surface area contributed by atoms with Crippen molar-refractivity contribution in [3.05, 3.63) is 89.5 Å². The van der Waals surface area contributed by atoms with E-state index in [2.05, 4.69) is 61.9 Å². The average Bonchev–Trinajstić information content (AvgIpc) is 2.51. The molecule has 2 aromatic rings. The molecule has 0 aliphatic heterocycles. The zero-order valence-electron chi connectivity index (χ0n) is 13.9. The zero-order chi connectivity index (χ0) is 17.0. The predicted molar refractivity (Wildman–Crippen MR) is 95.8 cm³/mol. The monoisotopic (exact) mass is 310 g/mol. The standard InChI is InChI=1S/C20H23FN2/c1-13-6-9-18(10-7-13)17(5)22-15(3)16(4)23-19-11-8-14(2)20(21)12-19/h6-12,17,22-23H,3-4H2,1-2,5H3. The quantitative estimate of drug-likeness (QED) is 0.714. The van der Waals surface area contributed by atoms with Crippen LogP contribution in [0.5, 0.6) is 0 Å². The fourth-order valence-corrected chi connectivity index (χ4v) is 2.21. The molecule has 1 unspecified atom stereocenters. The van der Waals surface area contributed by atoms with E-state index in [9.17, 15) is 4.39 Å². The fourth-order valence-electron chi connectivity index (χ4n) is 2.21. The highest BCUT2D eigenvalue weighted by Gasteiger charge is 2.08. The molecule has 0 fully saturated rings. The fraction of sp³-hybridized carbons (Fsp3) is 0.200. The lowest BCUT2D eigenvalue weighted by atomic mass is 10.1. The van der Waals surface area contributed by atoms with Crippen LogP contribution in [-0.2, 0) is 0 Å². The van der Waals surface area contributed by atoms with Crippen molar-refractivity contribution in [2.24, 2.45) is 0 Å². The number of halogens is 1. The summed E-state index contributed by atoms with van der Waals surface area (Å²) in [4.78, 5) is 0. The second kappa shape index (κ2) is 7.14. The van der Waals surface area contributed by atoms with Crippen molar-refractivity contribution >= 4 is 5.69 Å².